The molecule has 0 aliphatic carbocycles. The number of fused-ring (bicyclic) bond motifs is 1. The van der Waals surface area contributed by atoms with E-state index in [1.54, 1.807) is 0 Å². The Hall–Kier alpha value is -1.81. The quantitative estimate of drug-likeness (QED) is 0.687. The summed E-state index contributed by atoms with van der Waals surface area (Å²) in [5, 5.41) is 1.83. The lowest BCUT2D eigenvalue weighted by Crippen LogP contribution is -1.83. The number of hydrogen-bond donors (Lipinski definition) is 2. The third-order valence-corrected chi connectivity index (χ3v) is 3.71. The van der Waals surface area contributed by atoms with Crippen LogP contribution in [0.1, 0.15) is 10.4 Å². The zero-order valence-electron chi connectivity index (χ0n) is 9.74. The zero-order valence-corrected chi connectivity index (χ0v) is 10.6. The number of thiazole rings is 1. The van der Waals surface area contributed by atoms with E-state index in [9.17, 15) is 0 Å². The molecule has 0 aliphatic heterocycles. The van der Waals surface area contributed by atoms with Crippen molar-refractivity contribution in [3.8, 4) is 11.3 Å². The Labute approximate surface area is 103 Å². The van der Waals surface area contributed by atoms with Gasteiger partial charge in [0, 0.05) is 27.5 Å². The molecule has 3 rings (SSSR count). The Morgan fingerprint density at radius 3 is 2.82 bits per heavy atom. The van der Waals surface area contributed by atoms with Crippen molar-refractivity contribution in [2.45, 2.75) is 13.8 Å². The summed E-state index contributed by atoms with van der Waals surface area (Å²) in [4.78, 5) is 8.84. The zero-order chi connectivity index (χ0) is 12.0. The highest BCUT2D eigenvalue weighted by atomic mass is 32.1. The van der Waals surface area contributed by atoms with E-state index >= 15 is 0 Å². The van der Waals surface area contributed by atoms with Crippen molar-refractivity contribution in [2.24, 2.45) is 0 Å². The SMILES string of the molecule is Cc1ccc2[nH]cc(-c3nc(N)sc3C)c2c1. The molecule has 0 amide bonds. The van der Waals surface area contributed by atoms with Gasteiger partial charge in [0.25, 0.3) is 0 Å². The molecule has 4 heteroatoms. The van der Waals surface area contributed by atoms with E-state index in [4.69, 9.17) is 5.73 Å². The maximum atomic E-state index is 5.76. The van der Waals surface area contributed by atoms with E-state index < -0.39 is 0 Å². The average molecular weight is 243 g/mol. The summed E-state index contributed by atoms with van der Waals surface area (Å²) < 4.78 is 0. The van der Waals surface area contributed by atoms with Crippen molar-refractivity contribution in [3.63, 3.8) is 0 Å². The predicted molar refractivity (Wildman–Crippen MR) is 73.3 cm³/mol. The van der Waals surface area contributed by atoms with Gasteiger partial charge in [-0.05, 0) is 26.0 Å². The highest BCUT2D eigenvalue weighted by molar-refractivity contribution is 7.15. The van der Waals surface area contributed by atoms with Gasteiger partial charge in [0.1, 0.15) is 0 Å². The summed E-state index contributed by atoms with van der Waals surface area (Å²) in [5.74, 6) is 0. The number of aromatic amines is 1. The largest absolute Gasteiger partial charge is 0.375 e. The third kappa shape index (κ3) is 1.61. The van der Waals surface area contributed by atoms with Crippen LogP contribution in [0.25, 0.3) is 22.2 Å². The number of nitrogens with two attached hydrogens (primary N) is 1. The number of anilines is 1. The molecule has 0 aliphatic rings. The highest BCUT2D eigenvalue weighted by Crippen LogP contribution is 2.34. The molecule has 0 unspecified atom stereocenters. The van der Waals surface area contributed by atoms with Crippen molar-refractivity contribution in [3.05, 3.63) is 34.8 Å². The molecule has 0 atom stereocenters. The first-order valence-electron chi connectivity index (χ1n) is 5.46. The molecule has 0 saturated heterocycles. The predicted octanol–water partition coefficient (Wildman–Crippen LogP) is 3.49. The summed E-state index contributed by atoms with van der Waals surface area (Å²) >= 11 is 1.53. The normalized spacial score (nSPS) is 11.2. The minimum absolute atomic E-state index is 0.625. The lowest BCUT2D eigenvalue weighted by atomic mass is 10.1. The monoisotopic (exact) mass is 243 g/mol. The van der Waals surface area contributed by atoms with Crippen LogP contribution in [0.15, 0.2) is 24.4 Å². The Morgan fingerprint density at radius 2 is 2.12 bits per heavy atom. The number of aromatic nitrogens is 2. The number of hydrogen-bond acceptors (Lipinski definition) is 3. The molecule has 1 aromatic carbocycles. The first kappa shape index (κ1) is 10.4. The number of nitrogen functional groups attached to an aromatic ring is 1. The number of nitrogens with one attached hydrogen (secondary N) is 1. The maximum absolute atomic E-state index is 5.76. The number of H-pyrrole nitrogens is 1. The first-order chi connectivity index (χ1) is 8.15. The third-order valence-electron chi connectivity index (χ3n) is 2.91. The van der Waals surface area contributed by atoms with Crippen LogP contribution in [0.2, 0.25) is 0 Å². The Morgan fingerprint density at radius 1 is 1.29 bits per heavy atom. The van der Waals surface area contributed by atoms with Gasteiger partial charge in [0.2, 0.25) is 0 Å². The molecule has 17 heavy (non-hydrogen) atoms. The highest BCUT2D eigenvalue weighted by Gasteiger charge is 2.12. The standard InChI is InChI=1S/C13H13N3S/c1-7-3-4-11-9(5-7)10(6-15-11)12-8(2)17-13(14)16-12/h3-6,15H,1-2H3,(H2,14,16). The molecule has 3 nitrogen and oxygen atoms in total. The fourth-order valence-electron chi connectivity index (χ4n) is 2.10. The lowest BCUT2D eigenvalue weighted by molar-refractivity contribution is 1.38. The van der Waals surface area contributed by atoms with E-state index in [2.05, 4.69) is 42.0 Å². The van der Waals surface area contributed by atoms with E-state index in [0.29, 0.717) is 5.13 Å². The fourth-order valence-corrected chi connectivity index (χ4v) is 2.80. The van der Waals surface area contributed by atoms with Gasteiger partial charge in [0.15, 0.2) is 5.13 Å². The Kier molecular flexibility index (Phi) is 2.19. The number of rotatable bonds is 1. The van der Waals surface area contributed by atoms with E-state index in [0.717, 1.165) is 21.7 Å². The van der Waals surface area contributed by atoms with Gasteiger partial charge < -0.3 is 10.7 Å². The molecule has 0 saturated carbocycles. The minimum Gasteiger partial charge on any atom is -0.375 e. The van der Waals surface area contributed by atoms with E-state index in [1.807, 2.05) is 6.20 Å². The maximum Gasteiger partial charge on any atom is 0.180 e. The van der Waals surface area contributed by atoms with Crippen molar-refractivity contribution in [2.75, 3.05) is 5.73 Å². The van der Waals surface area contributed by atoms with Gasteiger partial charge in [-0.2, -0.15) is 0 Å². The van der Waals surface area contributed by atoms with Gasteiger partial charge >= 0.3 is 0 Å². The van der Waals surface area contributed by atoms with Crippen molar-refractivity contribution < 1.29 is 0 Å². The van der Waals surface area contributed by atoms with Crippen LogP contribution in [0.4, 0.5) is 5.13 Å². The Balaban J connectivity index is 2.30. The molecule has 2 aromatic heterocycles. The Bertz CT molecular complexity index is 694. The minimum atomic E-state index is 0.625. The van der Waals surface area contributed by atoms with Crippen LogP contribution in [-0.2, 0) is 0 Å². The van der Waals surface area contributed by atoms with Gasteiger partial charge in [-0.25, -0.2) is 4.98 Å². The van der Waals surface area contributed by atoms with Gasteiger partial charge in [-0.1, -0.05) is 11.6 Å². The summed E-state index contributed by atoms with van der Waals surface area (Å²) in [6.45, 7) is 4.15. The second-order valence-corrected chi connectivity index (χ2v) is 5.44. The number of benzene rings is 1. The van der Waals surface area contributed by atoms with Gasteiger partial charge in [0.05, 0.1) is 5.69 Å². The topological polar surface area (TPSA) is 54.7 Å². The molecule has 3 aromatic rings. The summed E-state index contributed by atoms with van der Waals surface area (Å²) in [6.07, 6.45) is 2.01. The van der Waals surface area contributed by atoms with Crippen LogP contribution in [0.3, 0.4) is 0 Å². The summed E-state index contributed by atoms with van der Waals surface area (Å²) in [6, 6.07) is 6.38. The molecular weight excluding hydrogens is 230 g/mol. The van der Waals surface area contributed by atoms with Gasteiger partial charge in [-0.15, -0.1) is 11.3 Å². The van der Waals surface area contributed by atoms with Crippen LogP contribution in [-0.4, -0.2) is 9.97 Å². The molecule has 3 N–H and O–H groups in total. The van der Waals surface area contributed by atoms with Crippen LogP contribution >= 0.6 is 11.3 Å². The molecule has 0 radical (unpaired) electrons. The van der Waals surface area contributed by atoms with E-state index in [1.165, 1.54) is 22.3 Å². The van der Waals surface area contributed by atoms with E-state index in [-0.39, 0.29) is 0 Å². The summed E-state index contributed by atoms with van der Waals surface area (Å²) in [7, 11) is 0. The molecule has 0 fully saturated rings. The molecule has 2 heterocycles. The molecule has 0 bridgehead atoms. The smallest absolute Gasteiger partial charge is 0.180 e. The number of nitrogens with zero attached hydrogens (tertiary/aromatic N) is 1. The van der Waals surface area contributed by atoms with Crippen molar-refractivity contribution in [1.82, 2.24) is 9.97 Å². The molecule has 0 spiro atoms. The first-order valence-corrected chi connectivity index (χ1v) is 6.28. The van der Waals surface area contributed by atoms with Crippen LogP contribution in [0.5, 0.6) is 0 Å². The molecule has 86 valence electrons. The summed E-state index contributed by atoms with van der Waals surface area (Å²) in [5.41, 5.74) is 10.3. The van der Waals surface area contributed by atoms with Crippen LogP contribution < -0.4 is 5.73 Å². The lowest BCUT2D eigenvalue weighted by Gasteiger charge is -1.98. The average Bonchev–Trinajstić information content (AvgIpc) is 2.81. The second-order valence-electron chi connectivity index (χ2n) is 4.21. The second kappa shape index (κ2) is 3.60. The van der Waals surface area contributed by atoms with Gasteiger partial charge in [-0.3, -0.25) is 0 Å². The fraction of sp³-hybridized carbons (Fsp3) is 0.154. The molecular formula is C13H13N3S. The van der Waals surface area contributed by atoms with Crippen molar-refractivity contribution in [1.29, 1.82) is 0 Å². The van der Waals surface area contributed by atoms with Crippen LogP contribution in [0, 0.1) is 13.8 Å². The van der Waals surface area contributed by atoms with Crippen molar-refractivity contribution >= 4 is 27.4 Å². The number of aryl methyl sites for hydroxylation is 2.